The maximum absolute atomic E-state index is 12.1. The standard InChI is InChI=1S/C24H24N2O3/c1-5-29-24(28)20-9-7-11-23(14-20)26-16(2)12-21(17(26)3)15-25-22-10-6-8-19(13-22)18(4)27/h6-15H,5H2,1-4H3. The number of hydrogen-bond donors (Lipinski definition) is 0. The monoisotopic (exact) mass is 388 g/mol. The number of ketones is 1. The van der Waals surface area contributed by atoms with Crippen LogP contribution in [0.4, 0.5) is 5.69 Å². The van der Waals surface area contributed by atoms with Crippen LogP contribution in [-0.2, 0) is 4.74 Å². The summed E-state index contributed by atoms with van der Waals surface area (Å²) in [6.45, 7) is 7.70. The molecule has 148 valence electrons. The van der Waals surface area contributed by atoms with Gasteiger partial charge >= 0.3 is 5.97 Å². The Labute approximate surface area is 170 Å². The fourth-order valence-electron chi connectivity index (χ4n) is 3.25. The molecular weight excluding hydrogens is 364 g/mol. The Morgan fingerprint density at radius 1 is 1.03 bits per heavy atom. The van der Waals surface area contributed by atoms with Crippen molar-refractivity contribution in [2.24, 2.45) is 4.99 Å². The van der Waals surface area contributed by atoms with Gasteiger partial charge in [-0.3, -0.25) is 9.79 Å². The zero-order valence-electron chi connectivity index (χ0n) is 17.1. The Morgan fingerprint density at radius 2 is 1.76 bits per heavy atom. The van der Waals surface area contributed by atoms with Gasteiger partial charge in [0.1, 0.15) is 0 Å². The van der Waals surface area contributed by atoms with Crippen molar-refractivity contribution in [1.82, 2.24) is 4.57 Å². The van der Waals surface area contributed by atoms with Crippen LogP contribution in [0.25, 0.3) is 5.69 Å². The molecule has 0 aliphatic heterocycles. The van der Waals surface area contributed by atoms with Crippen molar-refractivity contribution in [3.8, 4) is 5.69 Å². The second kappa shape index (κ2) is 8.69. The number of carbonyl (C=O) groups is 2. The zero-order chi connectivity index (χ0) is 21.0. The Bertz CT molecular complexity index is 1090. The fourth-order valence-corrected chi connectivity index (χ4v) is 3.25. The maximum atomic E-state index is 12.1. The molecule has 0 atom stereocenters. The number of benzene rings is 2. The Balaban J connectivity index is 1.93. The average molecular weight is 388 g/mol. The molecule has 1 aromatic heterocycles. The summed E-state index contributed by atoms with van der Waals surface area (Å²) in [4.78, 5) is 28.2. The van der Waals surface area contributed by atoms with Crippen molar-refractivity contribution in [3.63, 3.8) is 0 Å². The van der Waals surface area contributed by atoms with E-state index in [1.807, 2.05) is 50.2 Å². The summed E-state index contributed by atoms with van der Waals surface area (Å²) >= 11 is 0. The molecule has 0 saturated heterocycles. The highest BCUT2D eigenvalue weighted by atomic mass is 16.5. The van der Waals surface area contributed by atoms with Crippen LogP contribution in [0.1, 0.15) is 51.5 Å². The second-order valence-electron chi connectivity index (χ2n) is 6.80. The van der Waals surface area contributed by atoms with E-state index >= 15 is 0 Å². The normalized spacial score (nSPS) is 11.0. The van der Waals surface area contributed by atoms with Gasteiger partial charge in [0.2, 0.25) is 0 Å². The molecule has 0 N–H and O–H groups in total. The summed E-state index contributed by atoms with van der Waals surface area (Å²) in [5, 5.41) is 0. The number of nitrogens with zero attached hydrogens (tertiary/aromatic N) is 2. The highest BCUT2D eigenvalue weighted by Gasteiger charge is 2.12. The van der Waals surface area contributed by atoms with Gasteiger partial charge in [-0.15, -0.1) is 0 Å². The molecule has 0 amide bonds. The van der Waals surface area contributed by atoms with Gasteiger partial charge in [0.05, 0.1) is 17.9 Å². The lowest BCUT2D eigenvalue weighted by atomic mass is 10.1. The van der Waals surface area contributed by atoms with E-state index in [1.165, 1.54) is 0 Å². The molecule has 0 unspecified atom stereocenters. The molecular formula is C24H24N2O3. The number of aromatic nitrogens is 1. The number of hydrogen-bond acceptors (Lipinski definition) is 4. The number of aliphatic imine (C=N–C) groups is 1. The van der Waals surface area contributed by atoms with Crippen LogP contribution in [-0.4, -0.2) is 29.1 Å². The van der Waals surface area contributed by atoms with E-state index in [9.17, 15) is 9.59 Å². The molecule has 0 spiro atoms. The van der Waals surface area contributed by atoms with Crippen LogP contribution in [0.3, 0.4) is 0 Å². The Hall–Kier alpha value is -3.47. The third-order valence-electron chi connectivity index (χ3n) is 4.69. The van der Waals surface area contributed by atoms with Crippen molar-refractivity contribution in [1.29, 1.82) is 0 Å². The minimum atomic E-state index is -0.330. The first-order chi connectivity index (χ1) is 13.9. The van der Waals surface area contributed by atoms with Gasteiger partial charge < -0.3 is 9.30 Å². The van der Waals surface area contributed by atoms with E-state index in [-0.39, 0.29) is 11.8 Å². The summed E-state index contributed by atoms with van der Waals surface area (Å²) in [5.41, 5.74) is 5.79. The molecule has 0 bridgehead atoms. The number of Topliss-reactive ketones (excluding diaryl/α,β-unsaturated/α-hetero) is 1. The summed E-state index contributed by atoms with van der Waals surface area (Å²) in [6, 6.07) is 16.7. The molecule has 3 aromatic rings. The molecule has 1 heterocycles. The third-order valence-corrected chi connectivity index (χ3v) is 4.69. The highest BCUT2D eigenvalue weighted by molar-refractivity contribution is 5.95. The summed E-state index contributed by atoms with van der Waals surface area (Å²) in [5.74, 6) is -0.314. The van der Waals surface area contributed by atoms with Gasteiger partial charge in [0.15, 0.2) is 5.78 Å². The van der Waals surface area contributed by atoms with Gasteiger partial charge in [-0.25, -0.2) is 4.79 Å². The summed E-state index contributed by atoms with van der Waals surface area (Å²) < 4.78 is 7.18. The minimum Gasteiger partial charge on any atom is -0.462 e. The Kier molecular flexibility index (Phi) is 6.07. The number of aryl methyl sites for hydroxylation is 1. The lowest BCUT2D eigenvalue weighted by Crippen LogP contribution is -2.06. The molecule has 0 aliphatic carbocycles. The molecule has 5 nitrogen and oxygen atoms in total. The van der Waals surface area contributed by atoms with E-state index in [0.29, 0.717) is 17.7 Å². The number of ether oxygens (including phenoxy) is 1. The maximum Gasteiger partial charge on any atom is 0.338 e. The molecule has 5 heteroatoms. The first kappa shape index (κ1) is 20.3. The molecule has 3 rings (SSSR count). The second-order valence-corrected chi connectivity index (χ2v) is 6.80. The van der Waals surface area contributed by atoms with Gasteiger partial charge in [0.25, 0.3) is 0 Å². The minimum absolute atomic E-state index is 0.0155. The van der Waals surface area contributed by atoms with E-state index in [2.05, 4.69) is 9.56 Å². The fraction of sp³-hybridized carbons (Fsp3) is 0.208. The molecule has 0 fully saturated rings. The van der Waals surface area contributed by atoms with Crippen molar-refractivity contribution >= 4 is 23.7 Å². The predicted molar refractivity (Wildman–Crippen MR) is 115 cm³/mol. The van der Waals surface area contributed by atoms with Crippen molar-refractivity contribution in [3.05, 3.63) is 82.7 Å². The van der Waals surface area contributed by atoms with Crippen LogP contribution in [0.2, 0.25) is 0 Å². The quantitative estimate of drug-likeness (QED) is 0.330. The average Bonchev–Trinajstić information content (AvgIpc) is 3.00. The summed E-state index contributed by atoms with van der Waals surface area (Å²) in [7, 11) is 0. The SMILES string of the molecule is CCOC(=O)c1cccc(-n2c(C)cc(C=Nc3cccc(C(C)=O)c3)c2C)c1. The van der Waals surface area contributed by atoms with Crippen LogP contribution < -0.4 is 0 Å². The third kappa shape index (κ3) is 4.51. The van der Waals surface area contributed by atoms with E-state index in [0.717, 1.165) is 28.3 Å². The van der Waals surface area contributed by atoms with Gasteiger partial charge in [-0.2, -0.15) is 0 Å². The van der Waals surface area contributed by atoms with Crippen molar-refractivity contribution in [2.75, 3.05) is 6.61 Å². The molecule has 2 aromatic carbocycles. The predicted octanol–water partition coefficient (Wildman–Crippen LogP) is 5.22. The smallest absolute Gasteiger partial charge is 0.338 e. The van der Waals surface area contributed by atoms with Crippen LogP contribution >= 0.6 is 0 Å². The molecule has 29 heavy (non-hydrogen) atoms. The van der Waals surface area contributed by atoms with Crippen LogP contribution in [0.5, 0.6) is 0 Å². The number of esters is 1. The molecule has 0 saturated carbocycles. The van der Waals surface area contributed by atoms with E-state index < -0.39 is 0 Å². The first-order valence-corrected chi connectivity index (χ1v) is 9.52. The van der Waals surface area contributed by atoms with Gasteiger partial charge in [0, 0.05) is 34.4 Å². The number of rotatable bonds is 6. The topological polar surface area (TPSA) is 60.7 Å². The summed E-state index contributed by atoms with van der Waals surface area (Å²) in [6.07, 6.45) is 1.80. The van der Waals surface area contributed by atoms with Gasteiger partial charge in [-0.05, 0) is 64.1 Å². The van der Waals surface area contributed by atoms with E-state index in [1.54, 1.807) is 38.3 Å². The largest absolute Gasteiger partial charge is 0.462 e. The zero-order valence-corrected chi connectivity index (χ0v) is 17.1. The highest BCUT2D eigenvalue weighted by Crippen LogP contribution is 2.22. The van der Waals surface area contributed by atoms with Crippen LogP contribution in [0.15, 0.2) is 59.6 Å². The first-order valence-electron chi connectivity index (χ1n) is 9.52. The lowest BCUT2D eigenvalue weighted by molar-refractivity contribution is 0.0526. The molecule has 0 radical (unpaired) electrons. The van der Waals surface area contributed by atoms with Crippen molar-refractivity contribution in [2.45, 2.75) is 27.7 Å². The van der Waals surface area contributed by atoms with E-state index in [4.69, 9.17) is 4.74 Å². The lowest BCUT2D eigenvalue weighted by Gasteiger charge is -2.11. The number of carbonyl (C=O) groups excluding carboxylic acids is 2. The van der Waals surface area contributed by atoms with Crippen LogP contribution in [0, 0.1) is 13.8 Å². The molecule has 0 aliphatic rings. The Morgan fingerprint density at radius 3 is 2.48 bits per heavy atom. The van der Waals surface area contributed by atoms with Crippen molar-refractivity contribution < 1.29 is 14.3 Å². The van der Waals surface area contributed by atoms with Gasteiger partial charge in [-0.1, -0.05) is 18.2 Å².